The van der Waals surface area contributed by atoms with Gasteiger partial charge < -0.3 is 25.2 Å². The molecular weight excluding hydrogens is 440 g/mol. The smallest absolute Gasteiger partial charge is 0.227 e. The van der Waals surface area contributed by atoms with E-state index in [9.17, 15) is 9.59 Å². The van der Waals surface area contributed by atoms with Crippen LogP contribution in [0.25, 0.3) is 0 Å². The molecule has 3 aliphatic rings. The van der Waals surface area contributed by atoms with Crippen molar-refractivity contribution < 1.29 is 14.3 Å². The monoisotopic (exact) mass is 484 g/mol. The molecule has 7 nitrogen and oxygen atoms in total. The van der Waals surface area contributed by atoms with Gasteiger partial charge in [-0.3, -0.25) is 9.59 Å². The van der Waals surface area contributed by atoms with Gasteiger partial charge in [-0.2, -0.15) is 0 Å². The van der Waals surface area contributed by atoms with Crippen LogP contribution in [0.4, 0.5) is 5.69 Å². The van der Waals surface area contributed by atoms with Crippen molar-refractivity contribution in [3.8, 4) is 0 Å². The number of amides is 2. The Kier molecular flexibility index (Phi) is 8.38. The molecule has 1 unspecified atom stereocenters. The van der Waals surface area contributed by atoms with E-state index in [1.165, 1.54) is 11.3 Å². The molecule has 2 fully saturated rings. The number of benzene rings is 1. The van der Waals surface area contributed by atoms with Crippen LogP contribution in [0.2, 0.25) is 0 Å². The molecule has 2 heterocycles. The maximum absolute atomic E-state index is 13.8. The molecule has 2 amide bonds. The van der Waals surface area contributed by atoms with Gasteiger partial charge in [0.15, 0.2) is 0 Å². The molecule has 2 N–H and O–H groups in total. The predicted molar refractivity (Wildman–Crippen MR) is 140 cm³/mol. The second kappa shape index (κ2) is 11.3. The summed E-state index contributed by atoms with van der Waals surface area (Å²) in [5.41, 5.74) is 2.62. The summed E-state index contributed by atoms with van der Waals surface area (Å²) in [7, 11) is 1.75. The number of carbonyl (C=O) groups excluding carboxylic acids is 2. The average molecular weight is 485 g/mol. The molecular formula is C28H44N4O3. The third-order valence-corrected chi connectivity index (χ3v) is 7.38. The van der Waals surface area contributed by atoms with E-state index in [-0.39, 0.29) is 29.2 Å². The second-order valence-corrected chi connectivity index (χ2v) is 11.9. The summed E-state index contributed by atoms with van der Waals surface area (Å²) in [6, 6.07) is 9.04. The van der Waals surface area contributed by atoms with E-state index in [2.05, 4.69) is 65.5 Å². The summed E-state index contributed by atoms with van der Waals surface area (Å²) in [4.78, 5) is 30.9. The molecule has 1 saturated heterocycles. The van der Waals surface area contributed by atoms with E-state index in [0.717, 1.165) is 58.5 Å². The van der Waals surface area contributed by atoms with Crippen LogP contribution < -0.4 is 15.5 Å². The molecule has 0 spiro atoms. The van der Waals surface area contributed by atoms with Gasteiger partial charge in [-0.1, -0.05) is 39.0 Å². The molecule has 1 aromatic rings. The maximum atomic E-state index is 13.8. The molecule has 1 aliphatic carbocycles. The molecule has 2 aliphatic heterocycles. The first-order valence-corrected chi connectivity index (χ1v) is 13.4. The van der Waals surface area contributed by atoms with Gasteiger partial charge in [0, 0.05) is 76.6 Å². The number of anilines is 1. The van der Waals surface area contributed by atoms with Crippen molar-refractivity contribution in [2.45, 2.75) is 70.9 Å². The minimum Gasteiger partial charge on any atom is -0.385 e. The molecule has 3 atom stereocenters. The van der Waals surface area contributed by atoms with Crippen LogP contribution >= 0.6 is 0 Å². The van der Waals surface area contributed by atoms with Crippen LogP contribution in [-0.2, 0) is 14.3 Å². The lowest BCUT2D eigenvalue weighted by Gasteiger charge is -2.35. The molecule has 4 rings (SSSR count). The van der Waals surface area contributed by atoms with Crippen molar-refractivity contribution in [2.75, 3.05) is 51.3 Å². The van der Waals surface area contributed by atoms with Crippen LogP contribution in [0.3, 0.4) is 0 Å². The Balaban J connectivity index is 1.39. The van der Waals surface area contributed by atoms with E-state index in [1.807, 2.05) is 0 Å². The van der Waals surface area contributed by atoms with Crippen molar-refractivity contribution in [2.24, 2.45) is 11.3 Å². The Hall–Kier alpha value is -2.12. The lowest BCUT2D eigenvalue weighted by atomic mass is 9.90. The maximum Gasteiger partial charge on any atom is 0.227 e. The number of carbonyl (C=O) groups is 2. The van der Waals surface area contributed by atoms with Gasteiger partial charge in [0.05, 0.1) is 5.92 Å². The number of methoxy groups -OCH3 is 1. The summed E-state index contributed by atoms with van der Waals surface area (Å²) in [6.45, 7) is 11.1. The van der Waals surface area contributed by atoms with Crippen LogP contribution in [0.15, 0.2) is 24.3 Å². The number of rotatable bonds is 10. The molecule has 7 heteroatoms. The molecule has 194 valence electrons. The van der Waals surface area contributed by atoms with Crippen molar-refractivity contribution >= 4 is 17.5 Å². The second-order valence-electron chi connectivity index (χ2n) is 11.9. The standard InChI is InChI=1S/C28H44N4O3/c1-28(2,3)15-26(33)30-22-14-20(16-29-17-22)27(34)32(23-10-11-23)19-21-18-31(12-7-13-35-4)25-9-6-5-8-24(21)25/h5-6,8-9,20-23,29H,7,10-19H2,1-4H3,(H,30,33)/t20-,21?,22+/m0/s1. The highest BCUT2D eigenvalue weighted by atomic mass is 16.5. The zero-order valence-electron chi connectivity index (χ0n) is 22.0. The summed E-state index contributed by atoms with van der Waals surface area (Å²) in [5, 5.41) is 6.58. The number of hydrogen-bond acceptors (Lipinski definition) is 5. The van der Waals surface area contributed by atoms with Crippen LogP contribution in [0.1, 0.15) is 64.4 Å². The fraction of sp³-hybridized carbons (Fsp3) is 0.714. The van der Waals surface area contributed by atoms with Crippen LogP contribution in [0.5, 0.6) is 0 Å². The first kappa shape index (κ1) is 26.0. The highest BCUT2D eigenvalue weighted by Crippen LogP contribution is 2.39. The normalized spacial score (nSPS) is 24.2. The van der Waals surface area contributed by atoms with E-state index in [0.29, 0.717) is 24.9 Å². The number of nitrogens with zero attached hydrogens (tertiary/aromatic N) is 2. The summed E-state index contributed by atoms with van der Waals surface area (Å²) >= 11 is 0. The molecule has 35 heavy (non-hydrogen) atoms. The number of nitrogens with one attached hydrogen (secondary N) is 2. The number of fused-ring (bicyclic) bond motifs is 1. The van der Waals surface area contributed by atoms with Gasteiger partial charge in [-0.05, 0) is 42.7 Å². The van der Waals surface area contributed by atoms with Crippen molar-refractivity contribution in [3.63, 3.8) is 0 Å². The Morgan fingerprint density at radius 2 is 1.97 bits per heavy atom. The average Bonchev–Trinajstić information content (AvgIpc) is 3.59. The molecule has 1 saturated carbocycles. The van der Waals surface area contributed by atoms with Crippen molar-refractivity contribution in [1.29, 1.82) is 0 Å². The van der Waals surface area contributed by atoms with Crippen molar-refractivity contribution in [3.05, 3.63) is 29.8 Å². The molecule has 0 bridgehead atoms. The third-order valence-electron chi connectivity index (χ3n) is 7.38. The first-order chi connectivity index (χ1) is 16.7. The summed E-state index contributed by atoms with van der Waals surface area (Å²) in [6.07, 6.45) is 4.42. The predicted octanol–water partition coefficient (Wildman–Crippen LogP) is 3.15. The van der Waals surface area contributed by atoms with E-state index in [4.69, 9.17) is 4.74 Å². The lowest BCUT2D eigenvalue weighted by Crippen LogP contribution is -2.53. The lowest BCUT2D eigenvalue weighted by molar-refractivity contribution is -0.137. The number of piperidine rings is 1. The van der Waals surface area contributed by atoms with Gasteiger partial charge in [-0.25, -0.2) is 0 Å². The van der Waals surface area contributed by atoms with E-state index in [1.54, 1.807) is 7.11 Å². The number of para-hydroxylation sites is 1. The van der Waals surface area contributed by atoms with Gasteiger partial charge in [0.2, 0.25) is 11.8 Å². The first-order valence-electron chi connectivity index (χ1n) is 13.4. The molecule has 0 radical (unpaired) electrons. The van der Waals surface area contributed by atoms with Crippen LogP contribution in [-0.4, -0.2) is 75.2 Å². The van der Waals surface area contributed by atoms with Crippen molar-refractivity contribution in [1.82, 2.24) is 15.5 Å². The fourth-order valence-electron chi connectivity index (χ4n) is 5.63. The quantitative estimate of drug-likeness (QED) is 0.499. The zero-order valence-corrected chi connectivity index (χ0v) is 22.0. The third kappa shape index (κ3) is 6.98. The van der Waals surface area contributed by atoms with Gasteiger partial charge in [0.1, 0.15) is 0 Å². The van der Waals surface area contributed by atoms with E-state index >= 15 is 0 Å². The molecule has 0 aromatic heterocycles. The van der Waals surface area contributed by atoms with E-state index < -0.39 is 0 Å². The SMILES string of the molecule is COCCCN1CC(CN(C(=O)[C@@H]2CNC[C@H](NC(=O)CC(C)(C)C)C2)C2CC2)c2ccccc21. The van der Waals surface area contributed by atoms with Gasteiger partial charge in [-0.15, -0.1) is 0 Å². The molecule has 1 aromatic carbocycles. The summed E-state index contributed by atoms with van der Waals surface area (Å²) < 4.78 is 5.26. The topological polar surface area (TPSA) is 73.9 Å². The Morgan fingerprint density at radius 3 is 2.69 bits per heavy atom. The Morgan fingerprint density at radius 1 is 1.20 bits per heavy atom. The Bertz CT molecular complexity index is 879. The Labute approximate surface area is 210 Å². The van der Waals surface area contributed by atoms with Gasteiger partial charge in [0.25, 0.3) is 0 Å². The number of hydrogen-bond donors (Lipinski definition) is 2. The fourth-order valence-corrected chi connectivity index (χ4v) is 5.63. The minimum atomic E-state index is -0.0845. The zero-order chi connectivity index (χ0) is 25.0. The van der Waals surface area contributed by atoms with Gasteiger partial charge >= 0.3 is 0 Å². The largest absolute Gasteiger partial charge is 0.385 e. The van der Waals surface area contributed by atoms with Crippen LogP contribution in [0, 0.1) is 11.3 Å². The summed E-state index contributed by atoms with van der Waals surface area (Å²) in [5.74, 6) is 0.577. The highest BCUT2D eigenvalue weighted by molar-refractivity contribution is 5.81. The highest BCUT2D eigenvalue weighted by Gasteiger charge is 2.40. The minimum absolute atomic E-state index is 0.0112. The number of ether oxygens (including phenoxy) is 1.